The van der Waals surface area contributed by atoms with Gasteiger partial charge in [-0.25, -0.2) is 19.2 Å². The van der Waals surface area contributed by atoms with Gasteiger partial charge < -0.3 is 34.5 Å². The van der Waals surface area contributed by atoms with E-state index in [4.69, 9.17) is 19.9 Å². The number of rotatable bonds is 11. The Morgan fingerprint density at radius 3 is 2.33 bits per heavy atom. The van der Waals surface area contributed by atoms with Crippen molar-refractivity contribution in [3.05, 3.63) is 99.2 Å². The predicted molar refractivity (Wildman–Crippen MR) is 205 cm³/mol. The summed E-state index contributed by atoms with van der Waals surface area (Å²) in [4.78, 5) is 57.5. The summed E-state index contributed by atoms with van der Waals surface area (Å²) >= 11 is 0. The van der Waals surface area contributed by atoms with E-state index in [1.807, 2.05) is 48.2 Å². The van der Waals surface area contributed by atoms with E-state index >= 15 is 4.39 Å². The molecule has 0 radical (unpaired) electrons. The molecule has 1 amide bonds. The van der Waals surface area contributed by atoms with Gasteiger partial charge in [0.2, 0.25) is 11.2 Å². The van der Waals surface area contributed by atoms with Crippen LogP contribution in [-0.4, -0.2) is 96.3 Å². The molecule has 0 atom stereocenters. The summed E-state index contributed by atoms with van der Waals surface area (Å²) in [7, 11) is 4.62. The minimum Gasteiger partial charge on any atom is -0.493 e. The number of para-hydroxylation sites is 1. The van der Waals surface area contributed by atoms with Crippen LogP contribution in [0.1, 0.15) is 34.0 Å². The average Bonchev–Trinajstić information content (AvgIpc) is 3.44. The first kappa shape index (κ1) is 36.8. The summed E-state index contributed by atoms with van der Waals surface area (Å²) in [5.74, 6) is -0.533. The van der Waals surface area contributed by atoms with Gasteiger partial charge in [0, 0.05) is 68.1 Å². The van der Waals surface area contributed by atoms with E-state index in [1.165, 1.54) is 13.3 Å². The number of amides is 1. The second-order valence-electron chi connectivity index (χ2n) is 13.0. The van der Waals surface area contributed by atoms with E-state index in [0.29, 0.717) is 84.4 Å². The Bertz CT molecular complexity index is 2400. The van der Waals surface area contributed by atoms with Crippen LogP contribution in [-0.2, 0) is 17.8 Å². The number of carbonyl (C=O) groups excluding carboxylic acids is 1. The van der Waals surface area contributed by atoms with E-state index in [2.05, 4.69) is 19.9 Å². The molecule has 1 fully saturated rings. The number of piperazine rings is 1. The molecule has 55 heavy (non-hydrogen) atoms. The first-order chi connectivity index (χ1) is 26.5. The van der Waals surface area contributed by atoms with Crippen molar-refractivity contribution < 1.29 is 33.3 Å². The first-order valence-electron chi connectivity index (χ1n) is 17.5. The molecule has 15 nitrogen and oxygen atoms in total. The number of ether oxygens (including phenoxy) is 3. The van der Waals surface area contributed by atoms with E-state index in [1.54, 1.807) is 35.9 Å². The molecule has 2 aliphatic heterocycles. The molecule has 3 aromatic carbocycles. The number of aliphatic imine (C=N–C) groups is 1. The van der Waals surface area contributed by atoms with Crippen LogP contribution in [0.3, 0.4) is 0 Å². The number of pyridine rings is 1. The van der Waals surface area contributed by atoms with Gasteiger partial charge in [0.05, 0.1) is 44.9 Å². The van der Waals surface area contributed by atoms with Gasteiger partial charge in [-0.3, -0.25) is 19.4 Å². The van der Waals surface area contributed by atoms with E-state index in [0.717, 1.165) is 11.6 Å². The van der Waals surface area contributed by atoms with Crippen molar-refractivity contribution in [1.82, 2.24) is 19.4 Å². The fourth-order valence-corrected chi connectivity index (χ4v) is 7.05. The zero-order valence-corrected chi connectivity index (χ0v) is 30.7. The summed E-state index contributed by atoms with van der Waals surface area (Å²) in [6.45, 7) is 4.42. The highest BCUT2D eigenvalue weighted by Crippen LogP contribution is 2.39. The number of hydrogen-bond donors (Lipinski definition) is 2. The number of carboxylic acids is 1. The molecule has 0 aliphatic carbocycles. The summed E-state index contributed by atoms with van der Waals surface area (Å²) in [5, 5.41) is 9.50. The Labute approximate surface area is 315 Å². The van der Waals surface area contributed by atoms with Crippen LogP contribution in [0.4, 0.5) is 27.5 Å². The van der Waals surface area contributed by atoms with Crippen molar-refractivity contribution in [3.63, 3.8) is 0 Å². The maximum absolute atomic E-state index is 15.5. The van der Waals surface area contributed by atoms with Crippen molar-refractivity contribution in [1.29, 1.82) is 0 Å². The molecule has 0 bridgehead atoms. The minimum atomic E-state index is -1.36. The van der Waals surface area contributed by atoms with Crippen LogP contribution in [0.5, 0.6) is 17.2 Å². The van der Waals surface area contributed by atoms with Gasteiger partial charge in [0.15, 0.2) is 11.5 Å². The number of aryl methyl sites for hydroxylation is 1. The Hall–Kier alpha value is -6.55. The highest BCUT2D eigenvalue weighted by atomic mass is 19.1. The highest BCUT2D eigenvalue weighted by Gasteiger charge is 2.36. The smallest absolute Gasteiger partial charge is 0.341 e. The molecular formula is C39H39FN8O7. The monoisotopic (exact) mass is 750 g/mol. The van der Waals surface area contributed by atoms with Crippen molar-refractivity contribution in [2.75, 3.05) is 69.7 Å². The topological polar surface area (TPSA) is 178 Å². The lowest BCUT2D eigenvalue weighted by molar-refractivity contribution is -0.112. The number of fused-ring (bicyclic) bond motifs is 2. The number of methoxy groups -OCH3 is 3. The van der Waals surface area contributed by atoms with Crippen molar-refractivity contribution in [3.8, 4) is 17.2 Å². The average molecular weight is 751 g/mol. The molecule has 0 saturated carbocycles. The van der Waals surface area contributed by atoms with Gasteiger partial charge in [-0.1, -0.05) is 18.2 Å². The zero-order valence-electron chi connectivity index (χ0n) is 30.7. The Balaban J connectivity index is 1.07. The van der Waals surface area contributed by atoms with Crippen LogP contribution < -0.4 is 35.2 Å². The molecule has 1 saturated heterocycles. The SMILES string of the molecule is CCn1cc(C(=O)O)c(=O)c2cc(F)c(N3CCN(CN4C(=O)/C(=N/c5ncc(Cc6cc(OC)c(OC)c(OC)c6)c(N)n5)c5ccccc54)CC3)cc21. The summed E-state index contributed by atoms with van der Waals surface area (Å²) < 4.78 is 33.5. The third kappa shape index (κ3) is 6.87. The van der Waals surface area contributed by atoms with E-state index in [-0.39, 0.29) is 35.4 Å². The van der Waals surface area contributed by atoms with Gasteiger partial charge >= 0.3 is 5.97 Å². The standard InChI is InChI=1S/C39H39FN8O7/c1-5-46-20-26(38(51)52)34(49)25-17-27(40)30(18-29(25)46)47-12-10-45(11-13-47)21-48-28-9-7-6-8-24(28)33(37(48)50)43-39-42-19-23(36(41)44-39)14-22-15-31(53-2)35(55-4)32(16-22)54-3/h6-9,15-20H,5,10-14,21H2,1-4H3,(H,51,52)(H2,41,42,44)/b43-33+. The van der Waals surface area contributed by atoms with Gasteiger partial charge in [0.1, 0.15) is 22.9 Å². The summed E-state index contributed by atoms with van der Waals surface area (Å²) in [6, 6.07) is 13.7. The lowest BCUT2D eigenvalue weighted by Crippen LogP contribution is -2.51. The third-order valence-corrected chi connectivity index (χ3v) is 9.89. The number of carboxylic acid groups (broad SMARTS) is 1. The highest BCUT2D eigenvalue weighted by molar-refractivity contribution is 6.54. The van der Waals surface area contributed by atoms with Crippen molar-refractivity contribution in [2.45, 2.75) is 19.9 Å². The Morgan fingerprint density at radius 2 is 1.69 bits per heavy atom. The largest absolute Gasteiger partial charge is 0.493 e. The molecule has 284 valence electrons. The number of anilines is 3. The van der Waals surface area contributed by atoms with Gasteiger partial charge in [0.25, 0.3) is 11.9 Å². The number of aromatic carboxylic acids is 1. The van der Waals surface area contributed by atoms with Crippen LogP contribution >= 0.6 is 0 Å². The molecular weight excluding hydrogens is 711 g/mol. The zero-order chi connectivity index (χ0) is 39.0. The molecule has 7 rings (SSSR count). The summed E-state index contributed by atoms with van der Waals surface area (Å²) in [5.41, 5.74) is 9.04. The molecule has 3 N–H and O–H groups in total. The maximum atomic E-state index is 15.5. The molecule has 5 aromatic rings. The fourth-order valence-electron chi connectivity index (χ4n) is 7.05. The van der Waals surface area contributed by atoms with Crippen molar-refractivity contribution in [2.24, 2.45) is 4.99 Å². The van der Waals surface area contributed by atoms with Crippen molar-refractivity contribution >= 4 is 51.6 Å². The number of carbonyl (C=O) groups is 2. The third-order valence-electron chi connectivity index (χ3n) is 9.89. The molecule has 2 aromatic heterocycles. The predicted octanol–water partition coefficient (Wildman–Crippen LogP) is 4.09. The second kappa shape index (κ2) is 15.1. The molecule has 16 heteroatoms. The number of halogens is 1. The number of benzene rings is 3. The molecule has 0 unspecified atom stereocenters. The van der Waals surface area contributed by atoms with Gasteiger partial charge in [-0.2, -0.15) is 4.98 Å². The van der Waals surface area contributed by atoms with E-state index < -0.39 is 22.8 Å². The fraction of sp³-hybridized carbons (Fsp3) is 0.282. The first-order valence-corrected chi connectivity index (χ1v) is 17.5. The normalized spacial score (nSPS) is 15.1. The van der Waals surface area contributed by atoms with Crippen LogP contribution in [0.25, 0.3) is 10.9 Å². The lowest BCUT2D eigenvalue weighted by atomic mass is 10.1. The number of nitrogens with zero attached hydrogens (tertiary/aromatic N) is 7. The quantitative estimate of drug-likeness (QED) is 0.198. The van der Waals surface area contributed by atoms with Crippen LogP contribution in [0.2, 0.25) is 0 Å². The van der Waals surface area contributed by atoms with Crippen LogP contribution in [0, 0.1) is 5.82 Å². The number of hydrogen-bond acceptors (Lipinski definition) is 12. The minimum absolute atomic E-state index is 0.0185. The van der Waals surface area contributed by atoms with Gasteiger partial charge in [-0.15, -0.1) is 0 Å². The summed E-state index contributed by atoms with van der Waals surface area (Å²) in [6.07, 6.45) is 3.26. The Kier molecular flexibility index (Phi) is 10.1. The molecule has 4 heterocycles. The number of aromatic nitrogens is 3. The maximum Gasteiger partial charge on any atom is 0.341 e. The molecule has 2 aliphatic rings. The van der Waals surface area contributed by atoms with E-state index in [9.17, 15) is 19.5 Å². The molecule has 0 spiro atoms. The Morgan fingerprint density at radius 1 is 0.982 bits per heavy atom. The van der Waals surface area contributed by atoms with Crippen LogP contribution in [0.15, 0.2) is 70.7 Å². The lowest BCUT2D eigenvalue weighted by Gasteiger charge is -2.38. The second-order valence-corrected chi connectivity index (χ2v) is 13.0. The number of nitrogens with two attached hydrogens (primary N) is 1. The number of nitrogen functional groups attached to an aromatic ring is 1. The van der Waals surface area contributed by atoms with Gasteiger partial charge in [-0.05, 0) is 42.8 Å².